The lowest BCUT2D eigenvalue weighted by atomic mass is 9.99. The van der Waals surface area contributed by atoms with E-state index in [1.807, 2.05) is 37.3 Å². The molecule has 0 bridgehead atoms. The number of benzene rings is 2. The summed E-state index contributed by atoms with van der Waals surface area (Å²) in [6.07, 6.45) is 1.37. The van der Waals surface area contributed by atoms with Crippen molar-refractivity contribution < 1.29 is 8.78 Å². The second-order valence-electron chi connectivity index (χ2n) is 5.74. The highest BCUT2D eigenvalue weighted by Gasteiger charge is 2.08. The van der Waals surface area contributed by atoms with Crippen LogP contribution in [0.15, 0.2) is 59.9 Å². The fraction of sp³-hybridized carbons (Fsp3) is 0.200. The molecule has 114 valence electrons. The number of allylic oxidation sites excluding steroid dienone is 4. The predicted octanol–water partition coefficient (Wildman–Crippen LogP) is 6.47. The quantitative estimate of drug-likeness (QED) is 0.570. The Labute approximate surface area is 130 Å². The molecule has 0 atom stereocenters. The lowest BCUT2D eigenvalue weighted by Gasteiger charge is -2.08. The minimum Gasteiger partial charge on any atom is -0.207 e. The molecular formula is C20H20F2. The van der Waals surface area contributed by atoms with Gasteiger partial charge in [0.1, 0.15) is 11.6 Å². The Morgan fingerprint density at radius 2 is 1.50 bits per heavy atom. The van der Waals surface area contributed by atoms with Crippen LogP contribution in [0.4, 0.5) is 8.78 Å². The summed E-state index contributed by atoms with van der Waals surface area (Å²) >= 11 is 0. The van der Waals surface area contributed by atoms with Crippen molar-refractivity contribution in [1.29, 1.82) is 0 Å². The van der Waals surface area contributed by atoms with Gasteiger partial charge in [-0.3, -0.25) is 0 Å². The molecule has 0 aliphatic heterocycles. The molecule has 2 aromatic carbocycles. The topological polar surface area (TPSA) is 0 Å². The Balaban J connectivity index is 2.38. The van der Waals surface area contributed by atoms with Gasteiger partial charge in [-0.1, -0.05) is 42.0 Å². The molecule has 0 N–H and O–H groups in total. The summed E-state index contributed by atoms with van der Waals surface area (Å²) in [4.78, 5) is 0. The van der Waals surface area contributed by atoms with E-state index in [4.69, 9.17) is 0 Å². The Morgan fingerprint density at radius 3 is 2.05 bits per heavy atom. The van der Waals surface area contributed by atoms with Crippen LogP contribution in [0, 0.1) is 12.7 Å². The summed E-state index contributed by atoms with van der Waals surface area (Å²) in [6.45, 7) is 7.11. The molecule has 0 saturated heterocycles. The van der Waals surface area contributed by atoms with Gasteiger partial charge in [-0.2, -0.15) is 0 Å². The van der Waals surface area contributed by atoms with Gasteiger partial charge in [-0.05, 0) is 62.1 Å². The third kappa shape index (κ3) is 3.70. The molecule has 0 aromatic heterocycles. The van der Waals surface area contributed by atoms with Crippen molar-refractivity contribution in [2.45, 2.75) is 27.7 Å². The third-order valence-electron chi connectivity index (χ3n) is 3.60. The molecule has 0 spiro atoms. The first-order valence-corrected chi connectivity index (χ1v) is 7.26. The molecule has 0 unspecified atom stereocenters. The number of hydrogen-bond acceptors (Lipinski definition) is 0. The summed E-state index contributed by atoms with van der Waals surface area (Å²) < 4.78 is 28.0. The van der Waals surface area contributed by atoms with Gasteiger partial charge < -0.3 is 0 Å². The Morgan fingerprint density at radius 1 is 0.909 bits per heavy atom. The molecule has 0 aliphatic rings. The van der Waals surface area contributed by atoms with Gasteiger partial charge in [-0.25, -0.2) is 8.78 Å². The van der Waals surface area contributed by atoms with Crippen LogP contribution in [0.25, 0.3) is 16.7 Å². The van der Waals surface area contributed by atoms with Gasteiger partial charge in [0.25, 0.3) is 0 Å². The minimum absolute atomic E-state index is 0.320. The Hall–Kier alpha value is -2.22. The predicted molar refractivity (Wildman–Crippen MR) is 89.7 cm³/mol. The van der Waals surface area contributed by atoms with Gasteiger partial charge >= 0.3 is 0 Å². The normalized spacial score (nSPS) is 11.5. The Bertz CT molecular complexity index is 731. The number of halogens is 2. The summed E-state index contributed by atoms with van der Waals surface area (Å²) in [5, 5.41) is 0. The molecule has 2 heteroatoms. The first-order chi connectivity index (χ1) is 10.4. The van der Waals surface area contributed by atoms with Gasteiger partial charge in [-0.15, -0.1) is 0 Å². The highest BCUT2D eigenvalue weighted by Crippen LogP contribution is 2.26. The average molecular weight is 298 g/mol. The molecular weight excluding hydrogens is 278 g/mol. The van der Waals surface area contributed by atoms with E-state index in [9.17, 15) is 8.78 Å². The van der Waals surface area contributed by atoms with E-state index in [2.05, 4.69) is 0 Å². The molecule has 0 saturated carbocycles. The van der Waals surface area contributed by atoms with Crippen LogP contribution >= 0.6 is 0 Å². The fourth-order valence-electron chi connectivity index (χ4n) is 2.17. The molecule has 2 rings (SSSR count). The zero-order valence-corrected chi connectivity index (χ0v) is 13.4. The Kier molecular flexibility index (Phi) is 4.92. The van der Waals surface area contributed by atoms with Crippen LogP contribution in [-0.4, -0.2) is 0 Å². The van der Waals surface area contributed by atoms with Gasteiger partial charge in [0, 0.05) is 5.56 Å². The zero-order chi connectivity index (χ0) is 16.3. The SMILES string of the molecule is CC(C)=C(F)/C=C(\C)c1ccc(-c2ccc(C)cc2)cc1F. The smallest absolute Gasteiger partial charge is 0.131 e. The maximum absolute atomic E-state index is 14.3. The summed E-state index contributed by atoms with van der Waals surface area (Å²) in [7, 11) is 0. The van der Waals surface area contributed by atoms with Gasteiger partial charge in [0.15, 0.2) is 0 Å². The van der Waals surface area contributed by atoms with Crippen molar-refractivity contribution >= 4 is 5.57 Å². The van der Waals surface area contributed by atoms with Crippen LogP contribution in [0.5, 0.6) is 0 Å². The molecule has 2 aromatic rings. The summed E-state index contributed by atoms with van der Waals surface area (Å²) in [5.74, 6) is -0.659. The highest BCUT2D eigenvalue weighted by molar-refractivity contribution is 5.71. The number of hydrogen-bond donors (Lipinski definition) is 0. The second-order valence-corrected chi connectivity index (χ2v) is 5.74. The minimum atomic E-state index is -0.339. The molecule has 0 nitrogen and oxygen atoms in total. The van der Waals surface area contributed by atoms with Crippen molar-refractivity contribution in [3.05, 3.63) is 76.9 Å². The fourth-order valence-corrected chi connectivity index (χ4v) is 2.17. The van der Waals surface area contributed by atoms with Crippen LogP contribution in [0.2, 0.25) is 0 Å². The van der Waals surface area contributed by atoms with Crippen LogP contribution in [0.3, 0.4) is 0 Å². The number of aryl methyl sites for hydroxylation is 1. The van der Waals surface area contributed by atoms with Crippen LogP contribution in [0.1, 0.15) is 31.9 Å². The lowest BCUT2D eigenvalue weighted by Crippen LogP contribution is -1.89. The maximum Gasteiger partial charge on any atom is 0.131 e. The van der Waals surface area contributed by atoms with Crippen molar-refractivity contribution in [3.8, 4) is 11.1 Å². The molecule has 0 heterocycles. The van der Waals surface area contributed by atoms with Crippen molar-refractivity contribution in [3.63, 3.8) is 0 Å². The van der Waals surface area contributed by atoms with E-state index in [0.29, 0.717) is 16.7 Å². The summed E-state index contributed by atoms with van der Waals surface area (Å²) in [6, 6.07) is 13.0. The molecule has 22 heavy (non-hydrogen) atoms. The van der Waals surface area contributed by atoms with Crippen molar-refractivity contribution in [1.82, 2.24) is 0 Å². The van der Waals surface area contributed by atoms with E-state index in [1.165, 1.54) is 12.1 Å². The van der Waals surface area contributed by atoms with Crippen LogP contribution in [-0.2, 0) is 0 Å². The zero-order valence-electron chi connectivity index (χ0n) is 13.4. The van der Waals surface area contributed by atoms with Gasteiger partial charge in [0.2, 0.25) is 0 Å². The largest absolute Gasteiger partial charge is 0.207 e. The molecule has 0 aliphatic carbocycles. The first kappa shape index (κ1) is 16.2. The first-order valence-electron chi connectivity index (χ1n) is 7.26. The van der Waals surface area contributed by atoms with E-state index in [0.717, 1.165) is 16.7 Å². The lowest BCUT2D eigenvalue weighted by molar-refractivity contribution is 0.624. The highest BCUT2D eigenvalue weighted by atomic mass is 19.1. The van der Waals surface area contributed by atoms with E-state index >= 15 is 0 Å². The monoisotopic (exact) mass is 298 g/mol. The van der Waals surface area contributed by atoms with Crippen molar-refractivity contribution in [2.24, 2.45) is 0 Å². The molecule has 0 fully saturated rings. The number of rotatable bonds is 3. The second kappa shape index (κ2) is 6.69. The van der Waals surface area contributed by atoms with E-state index in [-0.39, 0.29) is 11.6 Å². The van der Waals surface area contributed by atoms with Crippen molar-refractivity contribution in [2.75, 3.05) is 0 Å². The van der Waals surface area contributed by atoms with E-state index < -0.39 is 0 Å². The van der Waals surface area contributed by atoms with Crippen LogP contribution < -0.4 is 0 Å². The maximum atomic E-state index is 14.3. The molecule has 0 amide bonds. The average Bonchev–Trinajstić information content (AvgIpc) is 2.47. The third-order valence-corrected chi connectivity index (χ3v) is 3.60. The van der Waals surface area contributed by atoms with E-state index in [1.54, 1.807) is 26.8 Å². The molecule has 0 radical (unpaired) electrons. The standard InChI is InChI=1S/C20H20F2/c1-13(2)19(21)11-15(4)18-10-9-17(12-20(18)22)16-7-5-14(3)6-8-16/h5-12H,1-4H3/b15-11+. The summed E-state index contributed by atoms with van der Waals surface area (Å²) in [5.41, 5.74) is 4.52. The van der Waals surface area contributed by atoms with Gasteiger partial charge in [0.05, 0.1) is 0 Å².